The lowest BCUT2D eigenvalue weighted by Gasteiger charge is -2.14. The van der Waals surface area contributed by atoms with Gasteiger partial charge in [-0.25, -0.2) is 15.0 Å². The molecule has 36 heavy (non-hydrogen) atoms. The number of amides is 2. The summed E-state index contributed by atoms with van der Waals surface area (Å²) in [7, 11) is 0. The molecule has 0 saturated heterocycles. The van der Waals surface area contributed by atoms with Crippen molar-refractivity contribution in [1.29, 1.82) is 0 Å². The molecule has 1 aliphatic rings. The van der Waals surface area contributed by atoms with Crippen LogP contribution >= 0.6 is 0 Å². The summed E-state index contributed by atoms with van der Waals surface area (Å²) >= 11 is 0. The lowest BCUT2D eigenvalue weighted by Crippen LogP contribution is -2.31. The van der Waals surface area contributed by atoms with Crippen molar-refractivity contribution in [3.63, 3.8) is 0 Å². The van der Waals surface area contributed by atoms with Crippen molar-refractivity contribution in [1.82, 2.24) is 30.2 Å². The smallest absolute Gasteiger partial charge is 0.251 e. The number of carbonyl (C=O) groups excluding carboxylic acids is 2. The number of carbonyl (C=O) groups is 2. The molecule has 0 bridgehead atoms. The van der Waals surface area contributed by atoms with E-state index in [1.165, 1.54) is 6.33 Å². The number of hydrogen-bond acceptors (Lipinski definition) is 5. The van der Waals surface area contributed by atoms with E-state index in [9.17, 15) is 9.59 Å². The Morgan fingerprint density at radius 2 is 1.72 bits per heavy atom. The Hall–Kier alpha value is -4.07. The van der Waals surface area contributed by atoms with Crippen molar-refractivity contribution >= 4 is 23.0 Å². The highest BCUT2D eigenvalue weighted by Gasteiger charge is 2.24. The zero-order valence-corrected chi connectivity index (χ0v) is 21.0. The van der Waals surface area contributed by atoms with Crippen LogP contribution in [-0.2, 0) is 0 Å². The maximum atomic E-state index is 12.8. The minimum Gasteiger partial charge on any atom is -0.350 e. The Labute approximate surface area is 210 Å². The third-order valence-corrected chi connectivity index (χ3v) is 6.72. The molecule has 1 aliphatic carbocycles. The van der Waals surface area contributed by atoms with E-state index in [0.29, 0.717) is 28.0 Å². The lowest BCUT2D eigenvalue weighted by molar-refractivity contribution is 0.0935. The fraction of sp³-hybridized carbons (Fsp3) is 0.321. The monoisotopic (exact) mass is 482 g/mol. The minimum absolute atomic E-state index is 0.0716. The largest absolute Gasteiger partial charge is 0.350 e. The highest BCUT2D eigenvalue weighted by molar-refractivity contribution is 5.98. The predicted octanol–water partition coefficient (Wildman–Crippen LogP) is 4.52. The van der Waals surface area contributed by atoms with Crippen LogP contribution in [0.15, 0.2) is 49.1 Å². The van der Waals surface area contributed by atoms with E-state index in [2.05, 4.69) is 25.6 Å². The van der Waals surface area contributed by atoms with Crippen LogP contribution in [0.25, 0.3) is 28.1 Å². The summed E-state index contributed by atoms with van der Waals surface area (Å²) in [6.45, 7) is 8.01. The maximum absolute atomic E-state index is 12.8. The van der Waals surface area contributed by atoms with Gasteiger partial charge in [-0.05, 0) is 75.4 Å². The molecule has 8 nitrogen and oxygen atoms in total. The van der Waals surface area contributed by atoms with Crippen LogP contribution in [0, 0.1) is 13.8 Å². The Morgan fingerprint density at radius 3 is 2.44 bits per heavy atom. The maximum Gasteiger partial charge on any atom is 0.251 e. The standard InChI is InChI=1S/C28H30N6O2/c1-5-18(4)32-27(35)20-9-7-17(3)23(13-20)34-15-31-25-24(29-14-30-26(25)34)22-12-19(8-6-16(22)2)28(36)33-21-10-11-21/h6-9,12-15,18,21H,5,10-11H2,1-4H3,(H,32,35)(H,33,36). The van der Waals surface area contributed by atoms with Gasteiger partial charge in [0.2, 0.25) is 0 Å². The minimum atomic E-state index is -0.109. The average molecular weight is 483 g/mol. The van der Waals surface area contributed by atoms with Crippen LogP contribution in [0.3, 0.4) is 0 Å². The van der Waals surface area contributed by atoms with E-state index >= 15 is 0 Å². The van der Waals surface area contributed by atoms with Crippen LogP contribution in [-0.4, -0.2) is 43.4 Å². The summed E-state index contributed by atoms with van der Waals surface area (Å²) in [5, 5.41) is 6.06. The summed E-state index contributed by atoms with van der Waals surface area (Å²) in [4.78, 5) is 39.1. The van der Waals surface area contributed by atoms with Crippen molar-refractivity contribution in [2.24, 2.45) is 0 Å². The fourth-order valence-corrected chi connectivity index (χ4v) is 4.14. The van der Waals surface area contributed by atoms with Crippen molar-refractivity contribution < 1.29 is 9.59 Å². The van der Waals surface area contributed by atoms with Crippen molar-refractivity contribution in [3.8, 4) is 16.9 Å². The molecule has 2 aromatic heterocycles. The summed E-state index contributed by atoms with van der Waals surface area (Å²) in [6.07, 6.45) is 6.16. The molecule has 1 atom stereocenters. The molecule has 1 unspecified atom stereocenters. The first-order valence-corrected chi connectivity index (χ1v) is 12.4. The number of benzene rings is 2. The number of nitrogens with zero attached hydrogens (tertiary/aromatic N) is 4. The molecule has 1 saturated carbocycles. The van der Waals surface area contributed by atoms with Crippen molar-refractivity contribution in [3.05, 3.63) is 71.3 Å². The van der Waals surface area contributed by atoms with Gasteiger partial charge in [0.05, 0.1) is 5.69 Å². The first-order valence-electron chi connectivity index (χ1n) is 12.4. The predicted molar refractivity (Wildman–Crippen MR) is 139 cm³/mol. The molecule has 0 spiro atoms. The summed E-state index contributed by atoms with van der Waals surface area (Å²) in [6, 6.07) is 11.7. The normalized spacial score (nSPS) is 14.0. The third-order valence-electron chi connectivity index (χ3n) is 6.72. The van der Waals surface area contributed by atoms with Gasteiger partial charge in [0, 0.05) is 28.8 Å². The molecule has 2 aromatic carbocycles. The number of aryl methyl sites for hydroxylation is 2. The Morgan fingerprint density at radius 1 is 1.00 bits per heavy atom. The van der Waals surface area contributed by atoms with Gasteiger partial charge < -0.3 is 10.6 Å². The Balaban J connectivity index is 1.55. The van der Waals surface area contributed by atoms with Crippen LogP contribution < -0.4 is 10.6 Å². The topological polar surface area (TPSA) is 102 Å². The molecule has 8 heteroatoms. The second-order valence-corrected chi connectivity index (χ2v) is 9.57. The Bertz CT molecular complexity index is 1470. The molecule has 4 aromatic rings. The van der Waals surface area contributed by atoms with Gasteiger partial charge in [0.25, 0.3) is 11.8 Å². The van der Waals surface area contributed by atoms with Crippen LogP contribution in [0.2, 0.25) is 0 Å². The summed E-state index contributed by atoms with van der Waals surface area (Å²) in [5.41, 5.74) is 6.77. The molecule has 184 valence electrons. The number of hydrogen-bond donors (Lipinski definition) is 2. The van der Waals surface area contributed by atoms with Crippen molar-refractivity contribution in [2.75, 3.05) is 0 Å². The summed E-state index contributed by atoms with van der Waals surface area (Å²) < 4.78 is 1.88. The van der Waals surface area contributed by atoms with E-state index in [1.807, 2.05) is 68.7 Å². The number of nitrogens with one attached hydrogen (secondary N) is 2. The fourth-order valence-electron chi connectivity index (χ4n) is 4.14. The first-order chi connectivity index (χ1) is 17.4. The van der Waals surface area contributed by atoms with Gasteiger partial charge in [0.1, 0.15) is 23.9 Å². The second-order valence-electron chi connectivity index (χ2n) is 9.57. The zero-order chi connectivity index (χ0) is 25.4. The molecule has 5 rings (SSSR count). The highest BCUT2D eigenvalue weighted by atomic mass is 16.2. The Kier molecular flexibility index (Phi) is 6.26. The third kappa shape index (κ3) is 4.58. The van der Waals surface area contributed by atoms with E-state index in [1.54, 1.807) is 6.33 Å². The molecular weight excluding hydrogens is 452 g/mol. The van der Waals surface area contributed by atoms with E-state index < -0.39 is 0 Å². The molecule has 0 radical (unpaired) electrons. The number of fused-ring (bicyclic) bond motifs is 1. The number of rotatable bonds is 7. The van der Waals surface area contributed by atoms with Gasteiger partial charge in [-0.15, -0.1) is 0 Å². The molecule has 1 fully saturated rings. The lowest BCUT2D eigenvalue weighted by atomic mass is 10.0. The number of imidazole rings is 1. The van der Waals surface area contributed by atoms with Gasteiger partial charge in [-0.2, -0.15) is 0 Å². The molecule has 2 amide bonds. The second kappa shape index (κ2) is 9.53. The van der Waals surface area contributed by atoms with Gasteiger partial charge in [-0.3, -0.25) is 14.2 Å². The summed E-state index contributed by atoms with van der Waals surface area (Å²) in [5.74, 6) is -0.181. The van der Waals surface area contributed by atoms with Crippen molar-refractivity contribution in [2.45, 2.75) is 59.0 Å². The quantitative estimate of drug-likeness (QED) is 0.403. The SMILES string of the molecule is CCC(C)NC(=O)c1ccc(C)c(-n2cnc3c(-c4cc(C(=O)NC5CC5)ccc4C)ncnc32)c1. The zero-order valence-electron chi connectivity index (χ0n) is 21.0. The van der Waals surface area contributed by atoms with E-state index in [4.69, 9.17) is 0 Å². The van der Waals surface area contributed by atoms with Crippen LogP contribution in [0.4, 0.5) is 0 Å². The van der Waals surface area contributed by atoms with Crippen LogP contribution in [0.5, 0.6) is 0 Å². The van der Waals surface area contributed by atoms with Gasteiger partial charge in [0.15, 0.2) is 5.65 Å². The molecule has 2 heterocycles. The molecule has 0 aliphatic heterocycles. The van der Waals surface area contributed by atoms with Crippen LogP contribution in [0.1, 0.15) is 65.0 Å². The van der Waals surface area contributed by atoms with Gasteiger partial charge >= 0.3 is 0 Å². The molecular formula is C28H30N6O2. The number of aromatic nitrogens is 4. The average Bonchev–Trinajstić information content (AvgIpc) is 3.59. The van der Waals surface area contributed by atoms with E-state index in [-0.39, 0.29) is 23.9 Å². The first kappa shape index (κ1) is 23.7. The van der Waals surface area contributed by atoms with E-state index in [0.717, 1.165) is 41.6 Å². The molecule has 2 N–H and O–H groups in total. The van der Waals surface area contributed by atoms with Gasteiger partial charge in [-0.1, -0.05) is 19.1 Å². The highest BCUT2D eigenvalue weighted by Crippen LogP contribution is 2.30.